The van der Waals surface area contributed by atoms with E-state index in [-0.39, 0.29) is 5.91 Å². The van der Waals surface area contributed by atoms with Crippen molar-refractivity contribution < 1.29 is 9.53 Å². The van der Waals surface area contributed by atoms with Crippen LogP contribution in [0.15, 0.2) is 48.7 Å². The quantitative estimate of drug-likeness (QED) is 0.543. The zero-order valence-electron chi connectivity index (χ0n) is 12.4. The number of carbonyl (C=O) groups excluding carboxylic acids is 1. The minimum Gasteiger partial charge on any atom is -0.497 e. The van der Waals surface area contributed by atoms with Crippen molar-refractivity contribution in [1.82, 2.24) is 15.2 Å². The molecular weight excluding hydrogens is 292 g/mol. The lowest BCUT2D eigenvalue weighted by Gasteiger charge is -2.03. The van der Waals surface area contributed by atoms with E-state index >= 15 is 0 Å². The summed E-state index contributed by atoms with van der Waals surface area (Å²) in [7, 11) is 1.59. The average Bonchev–Trinajstić information content (AvgIpc) is 3.18. The first-order valence-corrected chi connectivity index (χ1v) is 7.16. The molecule has 0 fully saturated rings. The molecule has 3 N–H and O–H groups in total. The molecule has 23 heavy (non-hydrogen) atoms. The number of anilines is 1. The highest BCUT2D eigenvalue weighted by atomic mass is 16.5. The normalized spacial score (nSPS) is 11.0. The molecule has 0 saturated heterocycles. The fourth-order valence-corrected chi connectivity index (χ4v) is 2.65. The molecule has 114 valence electrons. The summed E-state index contributed by atoms with van der Waals surface area (Å²) in [5, 5.41) is 11.6. The van der Waals surface area contributed by atoms with Gasteiger partial charge in [-0.3, -0.25) is 9.89 Å². The van der Waals surface area contributed by atoms with Crippen molar-refractivity contribution in [3.8, 4) is 5.75 Å². The van der Waals surface area contributed by atoms with Crippen LogP contribution in [0.5, 0.6) is 5.75 Å². The topological polar surface area (TPSA) is 82.8 Å². The Morgan fingerprint density at radius 2 is 2.00 bits per heavy atom. The van der Waals surface area contributed by atoms with Gasteiger partial charge in [-0.05, 0) is 24.3 Å². The number of fused-ring (bicyclic) bond motifs is 2. The molecule has 1 amide bonds. The van der Waals surface area contributed by atoms with E-state index in [1.807, 2.05) is 36.4 Å². The first-order valence-electron chi connectivity index (χ1n) is 7.16. The van der Waals surface area contributed by atoms with E-state index in [4.69, 9.17) is 4.74 Å². The fraction of sp³-hybridized carbons (Fsp3) is 0.0588. The SMILES string of the molecule is COc1ccc2[nH]nc(C(=O)Nc3c[nH]c4ccccc34)c2c1. The number of aromatic nitrogens is 3. The predicted molar refractivity (Wildman–Crippen MR) is 88.9 cm³/mol. The van der Waals surface area contributed by atoms with E-state index in [2.05, 4.69) is 20.5 Å². The van der Waals surface area contributed by atoms with Crippen LogP contribution >= 0.6 is 0 Å². The fourth-order valence-electron chi connectivity index (χ4n) is 2.65. The lowest BCUT2D eigenvalue weighted by molar-refractivity contribution is 0.102. The van der Waals surface area contributed by atoms with E-state index in [1.54, 1.807) is 19.4 Å². The van der Waals surface area contributed by atoms with Crippen LogP contribution in [0.1, 0.15) is 10.5 Å². The maximum absolute atomic E-state index is 12.6. The van der Waals surface area contributed by atoms with E-state index in [9.17, 15) is 4.79 Å². The van der Waals surface area contributed by atoms with Crippen molar-refractivity contribution in [3.05, 3.63) is 54.4 Å². The zero-order valence-corrected chi connectivity index (χ0v) is 12.4. The summed E-state index contributed by atoms with van der Waals surface area (Å²) in [6.45, 7) is 0. The Morgan fingerprint density at radius 1 is 1.13 bits per heavy atom. The standard InChI is InChI=1S/C17H14N4O2/c1-23-10-6-7-14-12(8-10)16(21-20-14)17(22)19-15-9-18-13-5-3-2-4-11(13)15/h2-9,18H,1H3,(H,19,22)(H,20,21). The predicted octanol–water partition coefficient (Wildman–Crippen LogP) is 3.31. The number of nitrogens with zero attached hydrogens (tertiary/aromatic N) is 1. The number of amides is 1. The summed E-state index contributed by atoms with van der Waals surface area (Å²) >= 11 is 0. The molecule has 0 unspecified atom stereocenters. The number of H-pyrrole nitrogens is 2. The summed E-state index contributed by atoms with van der Waals surface area (Å²) in [6, 6.07) is 13.2. The second kappa shape index (κ2) is 5.17. The number of nitrogens with one attached hydrogen (secondary N) is 3. The summed E-state index contributed by atoms with van der Waals surface area (Å²) < 4.78 is 5.21. The molecule has 0 atom stereocenters. The van der Waals surface area contributed by atoms with Crippen LogP contribution in [0, 0.1) is 0 Å². The van der Waals surface area contributed by atoms with Crippen molar-refractivity contribution in [3.63, 3.8) is 0 Å². The summed E-state index contributed by atoms with van der Waals surface area (Å²) in [4.78, 5) is 15.7. The molecule has 6 heteroatoms. The van der Waals surface area contributed by atoms with Gasteiger partial charge in [0.2, 0.25) is 0 Å². The summed E-state index contributed by atoms with van der Waals surface area (Å²) in [5.41, 5.74) is 2.82. The van der Waals surface area contributed by atoms with Gasteiger partial charge in [0, 0.05) is 22.5 Å². The number of hydrogen-bond donors (Lipinski definition) is 3. The van der Waals surface area contributed by atoms with Gasteiger partial charge in [0.25, 0.3) is 5.91 Å². The van der Waals surface area contributed by atoms with Crippen molar-refractivity contribution >= 4 is 33.4 Å². The summed E-state index contributed by atoms with van der Waals surface area (Å²) in [5.74, 6) is 0.411. The average molecular weight is 306 g/mol. The molecule has 0 radical (unpaired) electrons. The van der Waals surface area contributed by atoms with Gasteiger partial charge in [0.05, 0.1) is 18.3 Å². The molecule has 0 aliphatic heterocycles. The number of para-hydroxylation sites is 1. The van der Waals surface area contributed by atoms with Crippen LogP contribution in [0.2, 0.25) is 0 Å². The van der Waals surface area contributed by atoms with Crippen molar-refractivity contribution in [1.29, 1.82) is 0 Å². The van der Waals surface area contributed by atoms with Gasteiger partial charge in [-0.15, -0.1) is 0 Å². The second-order valence-electron chi connectivity index (χ2n) is 5.19. The molecule has 2 heterocycles. The highest BCUT2D eigenvalue weighted by Crippen LogP contribution is 2.25. The largest absolute Gasteiger partial charge is 0.497 e. The van der Waals surface area contributed by atoms with Crippen LogP contribution < -0.4 is 10.1 Å². The van der Waals surface area contributed by atoms with E-state index in [0.29, 0.717) is 11.4 Å². The zero-order chi connectivity index (χ0) is 15.8. The highest BCUT2D eigenvalue weighted by Gasteiger charge is 2.16. The maximum atomic E-state index is 12.6. The van der Waals surface area contributed by atoms with E-state index < -0.39 is 0 Å². The Hall–Kier alpha value is -3.28. The van der Waals surface area contributed by atoms with Crippen LogP contribution in [0.25, 0.3) is 21.8 Å². The van der Waals surface area contributed by atoms with Gasteiger partial charge in [0.1, 0.15) is 5.75 Å². The number of carbonyl (C=O) groups is 1. The number of ether oxygens (including phenoxy) is 1. The molecular formula is C17H14N4O2. The molecule has 2 aromatic carbocycles. The number of aromatic amines is 2. The summed E-state index contributed by atoms with van der Waals surface area (Å²) in [6.07, 6.45) is 1.78. The van der Waals surface area contributed by atoms with Gasteiger partial charge in [-0.1, -0.05) is 18.2 Å². The molecule has 0 spiro atoms. The first kappa shape index (κ1) is 13.4. The van der Waals surface area contributed by atoms with Crippen LogP contribution in [0.3, 0.4) is 0 Å². The Labute approximate surface area is 131 Å². The number of benzene rings is 2. The molecule has 4 rings (SSSR count). The molecule has 0 saturated carbocycles. The molecule has 0 aliphatic rings. The highest BCUT2D eigenvalue weighted by molar-refractivity contribution is 6.13. The third-order valence-electron chi connectivity index (χ3n) is 3.82. The Morgan fingerprint density at radius 3 is 2.87 bits per heavy atom. The van der Waals surface area contributed by atoms with Crippen LogP contribution in [0.4, 0.5) is 5.69 Å². The minimum atomic E-state index is -0.269. The number of methoxy groups -OCH3 is 1. The van der Waals surface area contributed by atoms with Gasteiger partial charge in [0.15, 0.2) is 5.69 Å². The third kappa shape index (κ3) is 2.20. The lowest BCUT2D eigenvalue weighted by atomic mass is 10.2. The Bertz CT molecular complexity index is 1020. The van der Waals surface area contributed by atoms with Gasteiger partial charge in [-0.25, -0.2) is 0 Å². The molecule has 4 aromatic rings. The van der Waals surface area contributed by atoms with Gasteiger partial charge < -0.3 is 15.0 Å². The van der Waals surface area contributed by atoms with Crippen molar-refractivity contribution in [2.24, 2.45) is 0 Å². The van der Waals surface area contributed by atoms with E-state index in [0.717, 1.165) is 27.5 Å². The minimum absolute atomic E-state index is 0.269. The third-order valence-corrected chi connectivity index (χ3v) is 3.82. The molecule has 0 aliphatic carbocycles. The van der Waals surface area contributed by atoms with Crippen LogP contribution in [-0.4, -0.2) is 28.2 Å². The molecule has 6 nitrogen and oxygen atoms in total. The Balaban J connectivity index is 1.72. The van der Waals surface area contributed by atoms with Crippen molar-refractivity contribution in [2.75, 3.05) is 12.4 Å². The van der Waals surface area contributed by atoms with Crippen molar-refractivity contribution in [2.45, 2.75) is 0 Å². The number of rotatable bonds is 3. The molecule has 2 aromatic heterocycles. The smallest absolute Gasteiger partial charge is 0.276 e. The monoisotopic (exact) mass is 306 g/mol. The first-order chi connectivity index (χ1) is 11.3. The molecule has 0 bridgehead atoms. The second-order valence-corrected chi connectivity index (χ2v) is 5.19. The van der Waals surface area contributed by atoms with Gasteiger partial charge in [-0.2, -0.15) is 5.10 Å². The lowest BCUT2D eigenvalue weighted by Crippen LogP contribution is -2.12. The van der Waals surface area contributed by atoms with Gasteiger partial charge >= 0.3 is 0 Å². The van der Waals surface area contributed by atoms with E-state index in [1.165, 1.54) is 0 Å². The number of hydrogen-bond acceptors (Lipinski definition) is 3. The Kier molecular flexibility index (Phi) is 3.01. The van der Waals surface area contributed by atoms with Crippen LogP contribution in [-0.2, 0) is 0 Å². The maximum Gasteiger partial charge on any atom is 0.276 e.